The maximum atomic E-state index is 12.0. The Morgan fingerprint density at radius 3 is 2.74 bits per heavy atom. The molecule has 1 amide bonds. The Bertz CT molecular complexity index is 572. The van der Waals surface area contributed by atoms with Crippen molar-refractivity contribution >= 4 is 11.6 Å². The molecule has 4 nitrogen and oxygen atoms in total. The van der Waals surface area contributed by atoms with Crippen LogP contribution in [0.3, 0.4) is 0 Å². The summed E-state index contributed by atoms with van der Waals surface area (Å²) in [6.07, 6.45) is 1.87. The van der Waals surface area contributed by atoms with Crippen molar-refractivity contribution in [3.63, 3.8) is 0 Å². The number of hydrogen-bond acceptors (Lipinski definition) is 2. The zero-order valence-corrected chi connectivity index (χ0v) is 11.3. The number of amides is 1. The van der Waals surface area contributed by atoms with Crippen molar-refractivity contribution in [2.45, 2.75) is 26.4 Å². The predicted octanol–water partition coefficient (Wildman–Crippen LogP) is 2.45. The summed E-state index contributed by atoms with van der Waals surface area (Å²) in [7, 11) is 0. The number of benzene rings is 1. The van der Waals surface area contributed by atoms with Crippen molar-refractivity contribution in [3.05, 3.63) is 53.9 Å². The van der Waals surface area contributed by atoms with Crippen molar-refractivity contribution in [2.75, 3.05) is 5.32 Å². The van der Waals surface area contributed by atoms with Crippen LogP contribution in [0.25, 0.3) is 0 Å². The lowest BCUT2D eigenvalue weighted by Crippen LogP contribution is -2.21. The Hall–Kier alpha value is -2.07. The van der Waals surface area contributed by atoms with Gasteiger partial charge in [0.15, 0.2) is 0 Å². The van der Waals surface area contributed by atoms with E-state index in [0.717, 1.165) is 16.9 Å². The molecule has 0 spiro atoms. The van der Waals surface area contributed by atoms with E-state index in [1.807, 2.05) is 61.0 Å². The average Bonchev–Trinajstić information content (AvgIpc) is 2.80. The third-order valence-electron chi connectivity index (χ3n) is 3.06. The minimum Gasteiger partial charge on any atom is -0.341 e. The number of aryl methyl sites for hydroxylation is 1. The van der Waals surface area contributed by atoms with Crippen LogP contribution in [0.1, 0.15) is 24.2 Å². The van der Waals surface area contributed by atoms with Crippen LogP contribution in [-0.4, -0.2) is 10.5 Å². The van der Waals surface area contributed by atoms with Crippen molar-refractivity contribution in [3.8, 4) is 0 Å². The highest BCUT2D eigenvalue weighted by atomic mass is 16.1. The molecule has 1 atom stereocenters. The fourth-order valence-corrected chi connectivity index (χ4v) is 2.04. The average molecular weight is 257 g/mol. The molecule has 1 heterocycles. The van der Waals surface area contributed by atoms with Gasteiger partial charge in [-0.2, -0.15) is 0 Å². The molecule has 1 unspecified atom stereocenters. The summed E-state index contributed by atoms with van der Waals surface area (Å²) in [5.74, 6) is -0.0487. The Labute approximate surface area is 113 Å². The van der Waals surface area contributed by atoms with Gasteiger partial charge in [-0.25, -0.2) is 0 Å². The molecule has 4 heteroatoms. The number of rotatable bonds is 4. The molecule has 0 saturated heterocycles. The van der Waals surface area contributed by atoms with Crippen LogP contribution in [0, 0.1) is 6.92 Å². The molecule has 0 saturated carbocycles. The van der Waals surface area contributed by atoms with Gasteiger partial charge in [-0.3, -0.25) is 4.79 Å². The summed E-state index contributed by atoms with van der Waals surface area (Å²) in [4.78, 5) is 12.0. The Balaban J connectivity index is 2.06. The Kier molecular flexibility index (Phi) is 4.02. The van der Waals surface area contributed by atoms with E-state index < -0.39 is 0 Å². The molecule has 100 valence electrons. The lowest BCUT2D eigenvalue weighted by molar-refractivity contribution is -0.116. The molecule has 0 radical (unpaired) electrons. The molecule has 3 N–H and O–H groups in total. The van der Waals surface area contributed by atoms with Crippen molar-refractivity contribution in [1.29, 1.82) is 0 Å². The van der Waals surface area contributed by atoms with Gasteiger partial charge in [0.25, 0.3) is 0 Å². The second-order valence-electron chi connectivity index (χ2n) is 4.71. The Morgan fingerprint density at radius 1 is 1.32 bits per heavy atom. The van der Waals surface area contributed by atoms with E-state index in [0.29, 0.717) is 0 Å². The number of anilines is 1. The van der Waals surface area contributed by atoms with E-state index >= 15 is 0 Å². The number of para-hydroxylation sites is 1. The first kappa shape index (κ1) is 13.4. The second kappa shape index (κ2) is 5.71. The highest BCUT2D eigenvalue weighted by Gasteiger charge is 2.10. The maximum Gasteiger partial charge on any atom is 0.244 e. The molecule has 1 aromatic heterocycles. The lowest BCUT2D eigenvalue weighted by Gasteiger charge is -2.13. The van der Waals surface area contributed by atoms with Crippen molar-refractivity contribution < 1.29 is 4.79 Å². The smallest absolute Gasteiger partial charge is 0.244 e. The first-order chi connectivity index (χ1) is 9.08. The normalized spacial score (nSPS) is 12.2. The molecule has 0 bridgehead atoms. The number of nitrogens with zero attached hydrogens (tertiary/aromatic N) is 1. The van der Waals surface area contributed by atoms with Gasteiger partial charge in [0.1, 0.15) is 6.54 Å². The minimum atomic E-state index is -0.0822. The van der Waals surface area contributed by atoms with Gasteiger partial charge in [0, 0.05) is 23.6 Å². The molecule has 0 aliphatic carbocycles. The SMILES string of the molecule is Cc1ccccc1NC(=O)Cn1cccc1C(C)N. The molecular formula is C15H19N3O. The van der Waals surface area contributed by atoms with Crippen molar-refractivity contribution in [1.82, 2.24) is 4.57 Å². The standard InChI is InChI=1S/C15H19N3O/c1-11-6-3-4-7-13(11)17-15(19)10-18-9-5-8-14(18)12(2)16/h3-9,12H,10,16H2,1-2H3,(H,17,19). The number of aromatic nitrogens is 1. The fourth-order valence-electron chi connectivity index (χ4n) is 2.04. The monoisotopic (exact) mass is 257 g/mol. The van der Waals surface area contributed by atoms with E-state index in [9.17, 15) is 4.79 Å². The van der Waals surface area contributed by atoms with Crippen molar-refractivity contribution in [2.24, 2.45) is 5.73 Å². The quantitative estimate of drug-likeness (QED) is 0.883. The summed E-state index contributed by atoms with van der Waals surface area (Å²) >= 11 is 0. The number of hydrogen-bond donors (Lipinski definition) is 2. The highest BCUT2D eigenvalue weighted by Crippen LogP contribution is 2.14. The number of nitrogens with two attached hydrogens (primary N) is 1. The molecule has 2 aromatic rings. The molecule has 0 aliphatic rings. The molecule has 0 fully saturated rings. The van der Waals surface area contributed by atoms with E-state index in [1.54, 1.807) is 0 Å². The molecular weight excluding hydrogens is 238 g/mol. The molecule has 19 heavy (non-hydrogen) atoms. The number of carbonyl (C=O) groups is 1. The van der Waals surface area contributed by atoms with Gasteiger partial charge in [-0.1, -0.05) is 18.2 Å². The summed E-state index contributed by atoms with van der Waals surface area (Å²) in [6.45, 7) is 4.15. The zero-order valence-electron chi connectivity index (χ0n) is 11.3. The summed E-state index contributed by atoms with van der Waals surface area (Å²) in [6, 6.07) is 11.5. The van der Waals surface area contributed by atoms with E-state index in [1.165, 1.54) is 0 Å². The third kappa shape index (κ3) is 3.23. The van der Waals surface area contributed by atoms with Crippen LogP contribution < -0.4 is 11.1 Å². The van der Waals surface area contributed by atoms with Gasteiger partial charge in [-0.15, -0.1) is 0 Å². The molecule has 1 aromatic carbocycles. The topological polar surface area (TPSA) is 60.0 Å². The minimum absolute atomic E-state index is 0.0487. The third-order valence-corrected chi connectivity index (χ3v) is 3.06. The predicted molar refractivity (Wildman–Crippen MR) is 76.8 cm³/mol. The summed E-state index contributed by atoms with van der Waals surface area (Å²) in [5.41, 5.74) is 8.72. The first-order valence-corrected chi connectivity index (χ1v) is 6.34. The zero-order chi connectivity index (χ0) is 13.8. The van der Waals surface area contributed by atoms with Crippen LogP contribution in [-0.2, 0) is 11.3 Å². The largest absolute Gasteiger partial charge is 0.341 e. The van der Waals surface area contributed by atoms with Gasteiger partial charge < -0.3 is 15.6 Å². The number of nitrogens with one attached hydrogen (secondary N) is 1. The first-order valence-electron chi connectivity index (χ1n) is 6.34. The molecule has 2 rings (SSSR count). The van der Waals surface area contributed by atoms with E-state index in [4.69, 9.17) is 5.73 Å². The molecule has 0 aliphatic heterocycles. The van der Waals surface area contributed by atoms with Gasteiger partial charge in [0.2, 0.25) is 5.91 Å². The van der Waals surface area contributed by atoms with Gasteiger partial charge in [0.05, 0.1) is 0 Å². The Morgan fingerprint density at radius 2 is 2.05 bits per heavy atom. The van der Waals surface area contributed by atoms with Crippen LogP contribution in [0.4, 0.5) is 5.69 Å². The summed E-state index contributed by atoms with van der Waals surface area (Å²) < 4.78 is 1.87. The highest BCUT2D eigenvalue weighted by molar-refractivity contribution is 5.91. The van der Waals surface area contributed by atoms with Gasteiger partial charge >= 0.3 is 0 Å². The van der Waals surface area contributed by atoms with E-state index in [2.05, 4.69) is 5.32 Å². The fraction of sp³-hybridized carbons (Fsp3) is 0.267. The maximum absolute atomic E-state index is 12.0. The van der Waals surface area contributed by atoms with Crippen LogP contribution in [0.5, 0.6) is 0 Å². The van der Waals surface area contributed by atoms with Crippen LogP contribution in [0.15, 0.2) is 42.6 Å². The van der Waals surface area contributed by atoms with Gasteiger partial charge in [-0.05, 0) is 37.6 Å². The van der Waals surface area contributed by atoms with E-state index in [-0.39, 0.29) is 18.5 Å². The summed E-state index contributed by atoms with van der Waals surface area (Å²) in [5, 5.41) is 2.91. The second-order valence-corrected chi connectivity index (χ2v) is 4.71. The lowest BCUT2D eigenvalue weighted by atomic mass is 10.2. The van der Waals surface area contributed by atoms with Crippen LogP contribution >= 0.6 is 0 Å². The number of carbonyl (C=O) groups excluding carboxylic acids is 1. The van der Waals surface area contributed by atoms with Crippen LogP contribution in [0.2, 0.25) is 0 Å².